The first kappa shape index (κ1) is 8.53. The Morgan fingerprint density at radius 2 is 2.27 bits per heavy atom. The van der Waals surface area contributed by atoms with E-state index >= 15 is 0 Å². The molecule has 0 saturated carbocycles. The summed E-state index contributed by atoms with van der Waals surface area (Å²) in [7, 11) is 0. The van der Waals surface area contributed by atoms with Crippen LogP contribution < -0.4 is 0 Å². The van der Waals surface area contributed by atoms with Gasteiger partial charge in [-0.2, -0.15) is 0 Å². The quantitative estimate of drug-likeness (QED) is 0.615. The van der Waals surface area contributed by atoms with E-state index in [1.807, 2.05) is 0 Å². The number of aliphatic carboxylic acids is 1. The first-order chi connectivity index (χ1) is 5.24. The molecule has 0 aliphatic carbocycles. The first-order valence-electron chi connectivity index (χ1n) is 4.11. The molecule has 0 bridgehead atoms. The number of ether oxygens (including phenoxy) is 1. The van der Waals surface area contributed by atoms with Gasteiger partial charge in [0.15, 0.2) is 0 Å². The van der Waals surface area contributed by atoms with E-state index in [1.165, 1.54) is 0 Å². The van der Waals surface area contributed by atoms with Gasteiger partial charge in [0, 0.05) is 0 Å². The molecule has 0 unspecified atom stereocenters. The smallest absolute Gasteiger partial charge is 0.306 e. The summed E-state index contributed by atoms with van der Waals surface area (Å²) in [5.41, 5.74) is 0. The van der Waals surface area contributed by atoms with Gasteiger partial charge in [-0.05, 0) is 6.42 Å². The Bertz CT molecular complexity index is 144. The Morgan fingerprint density at radius 1 is 1.55 bits per heavy atom. The van der Waals surface area contributed by atoms with Gasteiger partial charge in [-0.1, -0.05) is 19.8 Å². The third-order valence-electron chi connectivity index (χ3n) is 1.91. The maximum absolute atomic E-state index is 10.2. The topological polar surface area (TPSA) is 49.8 Å². The number of carbonyl (C=O) groups is 1. The summed E-state index contributed by atoms with van der Waals surface area (Å²) >= 11 is 0. The van der Waals surface area contributed by atoms with Gasteiger partial charge in [-0.25, -0.2) is 0 Å². The maximum atomic E-state index is 10.2. The summed E-state index contributed by atoms with van der Waals surface area (Å²) in [4.78, 5) is 10.2. The molecule has 1 saturated heterocycles. The number of hydrogen-bond donors (Lipinski definition) is 1. The van der Waals surface area contributed by atoms with Gasteiger partial charge in [0.25, 0.3) is 0 Å². The van der Waals surface area contributed by atoms with E-state index < -0.39 is 5.97 Å². The lowest BCUT2D eigenvalue weighted by molar-refractivity contribution is -0.137. The van der Waals surface area contributed by atoms with Crippen LogP contribution in [-0.2, 0) is 9.53 Å². The predicted molar refractivity (Wildman–Crippen MR) is 40.4 cm³/mol. The Morgan fingerprint density at radius 3 is 2.82 bits per heavy atom. The molecule has 3 nitrogen and oxygen atoms in total. The lowest BCUT2D eigenvalue weighted by atomic mass is 10.1. The van der Waals surface area contributed by atoms with Crippen LogP contribution in [0.4, 0.5) is 0 Å². The molecule has 64 valence electrons. The monoisotopic (exact) mass is 158 g/mol. The number of unbranched alkanes of at least 4 members (excludes halogenated alkanes) is 1. The van der Waals surface area contributed by atoms with E-state index in [-0.39, 0.29) is 18.6 Å². The van der Waals surface area contributed by atoms with Crippen molar-refractivity contribution in [3.05, 3.63) is 0 Å². The first-order valence-corrected chi connectivity index (χ1v) is 4.11. The Labute approximate surface area is 66.4 Å². The van der Waals surface area contributed by atoms with Crippen LogP contribution in [0.5, 0.6) is 0 Å². The van der Waals surface area contributed by atoms with E-state index in [0.29, 0.717) is 0 Å². The maximum Gasteiger partial charge on any atom is 0.306 e. The standard InChI is InChI=1S/C8H14O3/c1-2-3-4-6-7(11-6)5-8(9)10/h6-7H,2-5H2,1H3,(H,9,10)/t6-,7-/m0/s1. The van der Waals surface area contributed by atoms with E-state index in [1.54, 1.807) is 0 Å². The van der Waals surface area contributed by atoms with E-state index in [0.717, 1.165) is 19.3 Å². The molecule has 11 heavy (non-hydrogen) atoms. The third-order valence-corrected chi connectivity index (χ3v) is 1.91. The van der Waals surface area contributed by atoms with Gasteiger partial charge in [-0.3, -0.25) is 4.79 Å². The summed E-state index contributed by atoms with van der Waals surface area (Å²) in [6.07, 6.45) is 3.74. The van der Waals surface area contributed by atoms with E-state index in [4.69, 9.17) is 9.84 Å². The number of epoxide rings is 1. The minimum Gasteiger partial charge on any atom is -0.481 e. The van der Waals surface area contributed by atoms with Crippen LogP contribution >= 0.6 is 0 Å². The average Bonchev–Trinajstić information content (AvgIpc) is 2.62. The largest absolute Gasteiger partial charge is 0.481 e. The fraction of sp³-hybridized carbons (Fsp3) is 0.875. The van der Waals surface area contributed by atoms with Gasteiger partial charge < -0.3 is 9.84 Å². The molecule has 1 heterocycles. The summed E-state index contributed by atoms with van der Waals surface area (Å²) in [5, 5.41) is 8.39. The minimum absolute atomic E-state index is 0.0130. The molecule has 1 N–H and O–H groups in total. The molecule has 0 aromatic rings. The summed E-state index contributed by atoms with van der Waals surface area (Å²) < 4.78 is 5.15. The molecule has 3 heteroatoms. The van der Waals surface area contributed by atoms with Gasteiger partial charge in [0.05, 0.1) is 18.6 Å². The van der Waals surface area contributed by atoms with Crippen molar-refractivity contribution in [3.8, 4) is 0 Å². The zero-order valence-electron chi connectivity index (χ0n) is 6.75. The van der Waals surface area contributed by atoms with Crippen LogP contribution in [0.25, 0.3) is 0 Å². The highest BCUT2D eigenvalue weighted by atomic mass is 16.6. The number of rotatable bonds is 5. The molecule has 1 rings (SSSR count). The van der Waals surface area contributed by atoms with Crippen LogP contribution in [0.1, 0.15) is 32.6 Å². The van der Waals surface area contributed by atoms with Crippen molar-refractivity contribution in [2.45, 2.75) is 44.8 Å². The van der Waals surface area contributed by atoms with Gasteiger partial charge in [-0.15, -0.1) is 0 Å². The molecule has 1 aliphatic rings. The van der Waals surface area contributed by atoms with Crippen molar-refractivity contribution in [3.63, 3.8) is 0 Å². The Hall–Kier alpha value is -0.570. The van der Waals surface area contributed by atoms with Crippen LogP contribution in [0, 0.1) is 0 Å². The molecule has 0 spiro atoms. The second-order valence-electron chi connectivity index (χ2n) is 2.95. The van der Waals surface area contributed by atoms with E-state index in [2.05, 4.69) is 6.92 Å². The highest BCUT2D eigenvalue weighted by molar-refractivity contribution is 5.67. The highest BCUT2D eigenvalue weighted by Crippen LogP contribution is 2.29. The molecule has 1 fully saturated rings. The summed E-state index contributed by atoms with van der Waals surface area (Å²) in [5.74, 6) is -0.756. The lowest BCUT2D eigenvalue weighted by Crippen LogP contribution is -2.02. The molecule has 1 aliphatic heterocycles. The summed E-state index contributed by atoms with van der Waals surface area (Å²) in [6.45, 7) is 2.12. The van der Waals surface area contributed by atoms with Crippen molar-refractivity contribution < 1.29 is 14.6 Å². The number of hydrogen-bond acceptors (Lipinski definition) is 2. The zero-order chi connectivity index (χ0) is 8.27. The number of carboxylic acid groups (broad SMARTS) is 1. The van der Waals surface area contributed by atoms with Gasteiger partial charge in [0.1, 0.15) is 0 Å². The van der Waals surface area contributed by atoms with Crippen molar-refractivity contribution in [2.24, 2.45) is 0 Å². The normalized spacial score (nSPS) is 28.5. The van der Waals surface area contributed by atoms with Crippen LogP contribution in [-0.4, -0.2) is 23.3 Å². The van der Waals surface area contributed by atoms with Crippen LogP contribution in [0.3, 0.4) is 0 Å². The van der Waals surface area contributed by atoms with Crippen LogP contribution in [0.2, 0.25) is 0 Å². The minimum atomic E-state index is -0.756. The van der Waals surface area contributed by atoms with Gasteiger partial charge in [0.2, 0.25) is 0 Å². The lowest BCUT2D eigenvalue weighted by Gasteiger charge is -1.90. The molecule has 0 aromatic heterocycles. The van der Waals surface area contributed by atoms with Crippen molar-refractivity contribution in [1.82, 2.24) is 0 Å². The predicted octanol–water partition coefficient (Wildman–Crippen LogP) is 1.42. The molecule has 0 radical (unpaired) electrons. The fourth-order valence-corrected chi connectivity index (χ4v) is 1.19. The van der Waals surface area contributed by atoms with Gasteiger partial charge >= 0.3 is 5.97 Å². The second-order valence-corrected chi connectivity index (χ2v) is 2.95. The van der Waals surface area contributed by atoms with Crippen molar-refractivity contribution in [2.75, 3.05) is 0 Å². The molecule has 2 atom stereocenters. The summed E-state index contributed by atoms with van der Waals surface area (Å²) in [6, 6.07) is 0. The third kappa shape index (κ3) is 2.89. The molecular formula is C8H14O3. The van der Waals surface area contributed by atoms with E-state index in [9.17, 15) is 4.79 Å². The second kappa shape index (κ2) is 3.72. The molecule has 0 amide bonds. The Kier molecular flexibility index (Phi) is 2.88. The highest BCUT2D eigenvalue weighted by Gasteiger charge is 2.39. The average molecular weight is 158 g/mol. The Balaban J connectivity index is 2.02. The number of carboxylic acids is 1. The van der Waals surface area contributed by atoms with Crippen molar-refractivity contribution >= 4 is 5.97 Å². The molecular weight excluding hydrogens is 144 g/mol. The fourth-order valence-electron chi connectivity index (χ4n) is 1.19. The zero-order valence-corrected chi connectivity index (χ0v) is 6.75. The van der Waals surface area contributed by atoms with Crippen LogP contribution in [0.15, 0.2) is 0 Å². The SMILES string of the molecule is CCCC[C@@H]1O[C@H]1CC(=O)O. The van der Waals surface area contributed by atoms with Crippen molar-refractivity contribution in [1.29, 1.82) is 0 Å². The molecule has 0 aromatic carbocycles.